The van der Waals surface area contributed by atoms with Gasteiger partial charge in [0.2, 0.25) is 0 Å². The Hall–Kier alpha value is -1.73. The maximum atomic E-state index is 12.2. The van der Waals surface area contributed by atoms with Crippen LogP contribution in [0.1, 0.15) is 29.1 Å². The molecule has 3 rings (SSSR count). The Labute approximate surface area is 118 Å². The maximum Gasteiger partial charge on any atom is 0.260 e. The number of hydrogen-bond acceptors (Lipinski definition) is 6. The minimum Gasteiger partial charge on any atom is -0.548 e. The summed E-state index contributed by atoms with van der Waals surface area (Å²) in [6.45, 7) is -0.551. The molecule has 0 bridgehead atoms. The zero-order chi connectivity index (χ0) is 14.1. The number of ether oxygens (including phenoxy) is 1. The number of nitrogens with one attached hydrogen (secondary N) is 1. The van der Waals surface area contributed by atoms with E-state index in [1.807, 2.05) is 0 Å². The van der Waals surface area contributed by atoms with Gasteiger partial charge in [-0.2, -0.15) is 0 Å². The van der Waals surface area contributed by atoms with Crippen molar-refractivity contribution >= 4 is 27.5 Å². The summed E-state index contributed by atoms with van der Waals surface area (Å²) >= 11 is 1.55. The van der Waals surface area contributed by atoms with Crippen LogP contribution in [0.2, 0.25) is 0 Å². The maximum absolute atomic E-state index is 12.2. The fourth-order valence-corrected chi connectivity index (χ4v) is 3.79. The SMILES string of the molecule is O=C([O-])COCc1nc2sc3c(c2c(=O)[nH]1)CCCC3. The molecular formula is C13H13N2O4S-. The zero-order valence-corrected chi connectivity index (χ0v) is 11.5. The molecule has 0 spiro atoms. The first kappa shape index (κ1) is 13.3. The third-order valence-electron chi connectivity index (χ3n) is 3.33. The number of carboxylic acid groups (broad SMARTS) is 1. The van der Waals surface area contributed by atoms with Crippen molar-refractivity contribution in [3.05, 3.63) is 26.6 Å². The number of nitrogens with zero attached hydrogens (tertiary/aromatic N) is 1. The second-order valence-corrected chi connectivity index (χ2v) is 5.85. The second-order valence-electron chi connectivity index (χ2n) is 4.77. The molecule has 2 heterocycles. The lowest BCUT2D eigenvalue weighted by atomic mass is 9.97. The van der Waals surface area contributed by atoms with Gasteiger partial charge in [-0.1, -0.05) is 0 Å². The van der Waals surface area contributed by atoms with Gasteiger partial charge in [0.1, 0.15) is 17.3 Å². The molecule has 0 amide bonds. The molecule has 1 aliphatic carbocycles. The largest absolute Gasteiger partial charge is 0.548 e. The van der Waals surface area contributed by atoms with Crippen LogP contribution >= 0.6 is 11.3 Å². The Balaban J connectivity index is 1.94. The van der Waals surface area contributed by atoms with E-state index in [1.54, 1.807) is 11.3 Å². The molecule has 1 N–H and O–H groups in total. The summed E-state index contributed by atoms with van der Waals surface area (Å²) < 4.78 is 4.90. The number of fused-ring (bicyclic) bond motifs is 3. The number of hydrogen-bond donors (Lipinski definition) is 1. The van der Waals surface area contributed by atoms with Crippen molar-refractivity contribution in [2.24, 2.45) is 0 Å². The summed E-state index contributed by atoms with van der Waals surface area (Å²) in [6.07, 6.45) is 4.20. The van der Waals surface area contributed by atoms with Gasteiger partial charge < -0.3 is 19.6 Å². The van der Waals surface area contributed by atoms with Gasteiger partial charge in [-0.15, -0.1) is 11.3 Å². The van der Waals surface area contributed by atoms with E-state index in [0.717, 1.165) is 31.2 Å². The summed E-state index contributed by atoms with van der Waals surface area (Å²) in [5.74, 6) is -0.942. The van der Waals surface area contributed by atoms with E-state index in [9.17, 15) is 14.7 Å². The van der Waals surface area contributed by atoms with Crippen LogP contribution in [0.3, 0.4) is 0 Å². The van der Waals surface area contributed by atoms with E-state index >= 15 is 0 Å². The molecule has 0 aromatic carbocycles. The molecule has 0 aliphatic heterocycles. The van der Waals surface area contributed by atoms with Crippen molar-refractivity contribution in [1.29, 1.82) is 0 Å². The van der Waals surface area contributed by atoms with Crippen LogP contribution in [0.5, 0.6) is 0 Å². The molecule has 106 valence electrons. The Kier molecular flexibility index (Phi) is 3.54. The van der Waals surface area contributed by atoms with Gasteiger partial charge in [-0.05, 0) is 31.2 Å². The van der Waals surface area contributed by atoms with Crippen molar-refractivity contribution < 1.29 is 14.6 Å². The Morgan fingerprint density at radius 3 is 3.00 bits per heavy atom. The highest BCUT2D eigenvalue weighted by Crippen LogP contribution is 2.33. The van der Waals surface area contributed by atoms with Crippen LogP contribution in [0.15, 0.2) is 4.79 Å². The first-order chi connectivity index (χ1) is 9.65. The third-order valence-corrected chi connectivity index (χ3v) is 4.52. The number of aromatic nitrogens is 2. The summed E-state index contributed by atoms with van der Waals surface area (Å²) in [6, 6.07) is 0. The number of carbonyl (C=O) groups excluding carboxylic acids is 1. The van der Waals surface area contributed by atoms with E-state index in [1.165, 1.54) is 4.88 Å². The standard InChI is InChI=1S/C13H14N2O4S/c16-10(17)6-19-5-9-14-12(18)11-7-3-1-2-4-8(7)20-13(11)15-9/h1-6H2,(H,16,17)(H,14,15,18)/p-1. The highest BCUT2D eigenvalue weighted by Gasteiger charge is 2.19. The number of H-pyrrole nitrogens is 1. The van der Waals surface area contributed by atoms with E-state index in [-0.39, 0.29) is 12.2 Å². The number of carbonyl (C=O) groups is 1. The third kappa shape index (κ3) is 2.46. The Morgan fingerprint density at radius 1 is 1.40 bits per heavy atom. The number of carboxylic acids is 1. The zero-order valence-electron chi connectivity index (χ0n) is 10.7. The lowest BCUT2D eigenvalue weighted by Crippen LogP contribution is -2.27. The van der Waals surface area contributed by atoms with E-state index in [2.05, 4.69) is 9.97 Å². The van der Waals surface area contributed by atoms with Crippen molar-refractivity contribution in [3.8, 4) is 0 Å². The van der Waals surface area contributed by atoms with Gasteiger partial charge in [-0.3, -0.25) is 4.79 Å². The van der Waals surface area contributed by atoms with Gasteiger partial charge in [0, 0.05) is 4.88 Å². The average Bonchev–Trinajstić information content (AvgIpc) is 2.76. The summed E-state index contributed by atoms with van der Waals surface area (Å²) in [5.41, 5.74) is 0.966. The fraction of sp³-hybridized carbons (Fsp3) is 0.462. The predicted octanol–water partition coefficient (Wildman–Crippen LogP) is 0.130. The van der Waals surface area contributed by atoms with Gasteiger partial charge >= 0.3 is 0 Å². The normalized spacial score (nSPS) is 14.4. The Morgan fingerprint density at radius 2 is 2.20 bits per heavy atom. The van der Waals surface area contributed by atoms with Crippen LogP contribution in [0.25, 0.3) is 10.2 Å². The van der Waals surface area contributed by atoms with Gasteiger partial charge in [0.15, 0.2) is 0 Å². The quantitative estimate of drug-likeness (QED) is 0.864. The minimum atomic E-state index is -1.29. The van der Waals surface area contributed by atoms with Crippen molar-refractivity contribution in [1.82, 2.24) is 9.97 Å². The molecule has 0 unspecified atom stereocenters. The summed E-state index contributed by atoms with van der Waals surface area (Å²) in [5, 5.41) is 11.0. The average molecular weight is 293 g/mol. The number of rotatable bonds is 4. The van der Waals surface area contributed by atoms with Crippen LogP contribution in [0, 0.1) is 0 Å². The first-order valence-electron chi connectivity index (χ1n) is 6.46. The number of thiophene rings is 1. The van der Waals surface area contributed by atoms with Crippen LogP contribution in [0.4, 0.5) is 0 Å². The van der Waals surface area contributed by atoms with Crippen molar-refractivity contribution in [3.63, 3.8) is 0 Å². The smallest absolute Gasteiger partial charge is 0.260 e. The number of aryl methyl sites for hydroxylation is 2. The topological polar surface area (TPSA) is 95.1 Å². The predicted molar refractivity (Wildman–Crippen MR) is 71.5 cm³/mol. The van der Waals surface area contributed by atoms with E-state index in [0.29, 0.717) is 16.0 Å². The summed E-state index contributed by atoms with van der Waals surface area (Å²) in [4.78, 5) is 31.4. The molecule has 20 heavy (non-hydrogen) atoms. The van der Waals surface area contributed by atoms with Crippen LogP contribution in [-0.4, -0.2) is 22.5 Å². The number of aliphatic carboxylic acids is 1. The van der Waals surface area contributed by atoms with Crippen molar-refractivity contribution in [2.75, 3.05) is 6.61 Å². The first-order valence-corrected chi connectivity index (χ1v) is 7.28. The highest BCUT2D eigenvalue weighted by atomic mass is 32.1. The second kappa shape index (κ2) is 5.34. The van der Waals surface area contributed by atoms with E-state index < -0.39 is 12.6 Å². The molecule has 2 aromatic rings. The van der Waals surface area contributed by atoms with Gasteiger partial charge in [-0.25, -0.2) is 4.98 Å². The Bertz CT molecular complexity index is 719. The van der Waals surface area contributed by atoms with Gasteiger partial charge in [0.25, 0.3) is 5.56 Å². The molecule has 0 saturated carbocycles. The monoisotopic (exact) mass is 293 g/mol. The minimum absolute atomic E-state index is 0.0400. The molecule has 1 aliphatic rings. The number of aromatic amines is 1. The van der Waals surface area contributed by atoms with E-state index in [4.69, 9.17) is 4.74 Å². The van der Waals surface area contributed by atoms with Crippen LogP contribution in [-0.2, 0) is 29.0 Å². The molecule has 0 saturated heterocycles. The molecule has 2 aromatic heterocycles. The molecule has 7 heteroatoms. The lowest BCUT2D eigenvalue weighted by Gasteiger charge is -2.09. The summed E-state index contributed by atoms with van der Waals surface area (Å²) in [7, 11) is 0. The van der Waals surface area contributed by atoms with Gasteiger partial charge in [0.05, 0.1) is 18.0 Å². The van der Waals surface area contributed by atoms with Crippen LogP contribution < -0.4 is 10.7 Å². The molecular weight excluding hydrogens is 280 g/mol. The fourth-order valence-electron chi connectivity index (χ4n) is 2.51. The molecule has 0 atom stereocenters. The molecule has 0 fully saturated rings. The lowest BCUT2D eigenvalue weighted by molar-refractivity contribution is -0.309. The molecule has 0 radical (unpaired) electrons. The van der Waals surface area contributed by atoms with Crippen molar-refractivity contribution in [2.45, 2.75) is 32.3 Å². The highest BCUT2D eigenvalue weighted by molar-refractivity contribution is 7.18. The molecule has 6 nitrogen and oxygen atoms in total.